The van der Waals surface area contributed by atoms with Gasteiger partial charge in [-0.1, -0.05) is 6.07 Å². The standard InChI is InChI=1S/C24H21F2N3O2/c1-12-8-14(26)10-19-16(12)11-20(27-19)24(31)29(2)21-5-3-4-18-22(21)15-7-6-13(25)9-17(15)23(30)28-18/h6-11,21,27H,3-5H2,1-2H3,(H,28,30)/t21-/m1/s1. The van der Waals surface area contributed by atoms with Gasteiger partial charge in [0.15, 0.2) is 0 Å². The molecule has 0 aliphatic heterocycles. The summed E-state index contributed by atoms with van der Waals surface area (Å²) in [5, 5.41) is 1.75. The number of nitrogens with zero attached hydrogens (tertiary/aromatic N) is 1. The minimum absolute atomic E-state index is 0.227. The molecule has 5 nitrogen and oxygen atoms in total. The number of aromatic amines is 2. The number of hydrogen-bond donors (Lipinski definition) is 2. The molecule has 7 heteroatoms. The Morgan fingerprint density at radius 3 is 2.65 bits per heavy atom. The van der Waals surface area contributed by atoms with Crippen LogP contribution in [0.4, 0.5) is 8.78 Å². The van der Waals surface area contributed by atoms with E-state index in [1.807, 2.05) is 0 Å². The van der Waals surface area contributed by atoms with Crippen molar-refractivity contribution in [3.05, 3.63) is 80.9 Å². The number of fused-ring (bicyclic) bond motifs is 4. The Morgan fingerprint density at radius 2 is 1.84 bits per heavy atom. The molecule has 0 saturated heterocycles. The van der Waals surface area contributed by atoms with Crippen LogP contribution in [0.1, 0.15) is 46.2 Å². The second kappa shape index (κ2) is 7.04. The number of hydrogen-bond acceptors (Lipinski definition) is 2. The first-order valence-electron chi connectivity index (χ1n) is 10.2. The van der Waals surface area contributed by atoms with Crippen molar-refractivity contribution in [2.75, 3.05) is 7.05 Å². The van der Waals surface area contributed by atoms with Crippen LogP contribution in [0.25, 0.3) is 21.7 Å². The highest BCUT2D eigenvalue weighted by atomic mass is 19.1. The molecular weight excluding hydrogens is 400 g/mol. The summed E-state index contributed by atoms with van der Waals surface area (Å²) in [4.78, 5) is 33.4. The van der Waals surface area contributed by atoms with Crippen molar-refractivity contribution >= 4 is 27.6 Å². The molecule has 1 atom stereocenters. The summed E-state index contributed by atoms with van der Waals surface area (Å²) in [5.41, 5.74) is 3.02. The van der Waals surface area contributed by atoms with Crippen molar-refractivity contribution in [3.63, 3.8) is 0 Å². The maximum Gasteiger partial charge on any atom is 0.270 e. The summed E-state index contributed by atoms with van der Waals surface area (Å²) in [6.45, 7) is 1.80. The Kier molecular flexibility index (Phi) is 4.43. The maximum absolute atomic E-state index is 13.8. The average molecular weight is 421 g/mol. The lowest BCUT2D eigenvalue weighted by atomic mass is 9.86. The minimum atomic E-state index is -0.476. The number of nitrogens with one attached hydrogen (secondary N) is 2. The molecule has 2 aromatic carbocycles. The number of rotatable bonds is 2. The molecule has 0 unspecified atom stereocenters. The van der Waals surface area contributed by atoms with Crippen LogP contribution in [0.15, 0.2) is 41.2 Å². The number of amides is 1. The molecule has 2 aromatic heterocycles. The van der Waals surface area contributed by atoms with Crippen molar-refractivity contribution in [3.8, 4) is 0 Å². The summed E-state index contributed by atoms with van der Waals surface area (Å²) < 4.78 is 27.5. The molecular formula is C24H21F2N3O2. The molecule has 1 amide bonds. The Hall–Kier alpha value is -3.48. The van der Waals surface area contributed by atoms with Crippen LogP contribution in [0.3, 0.4) is 0 Å². The van der Waals surface area contributed by atoms with Gasteiger partial charge < -0.3 is 14.9 Å². The normalized spacial score (nSPS) is 15.9. The minimum Gasteiger partial charge on any atom is -0.350 e. The van der Waals surface area contributed by atoms with Gasteiger partial charge in [-0.25, -0.2) is 8.78 Å². The Labute approximate surface area is 176 Å². The van der Waals surface area contributed by atoms with Gasteiger partial charge in [-0.15, -0.1) is 0 Å². The average Bonchev–Trinajstić information content (AvgIpc) is 3.17. The van der Waals surface area contributed by atoms with E-state index in [0.29, 0.717) is 23.0 Å². The molecule has 2 N–H and O–H groups in total. The van der Waals surface area contributed by atoms with E-state index in [-0.39, 0.29) is 28.7 Å². The first kappa shape index (κ1) is 19.5. The number of carbonyl (C=O) groups is 1. The summed E-state index contributed by atoms with van der Waals surface area (Å²) in [6, 6.07) is 8.47. The van der Waals surface area contributed by atoms with Crippen molar-refractivity contribution in [1.29, 1.82) is 0 Å². The van der Waals surface area contributed by atoms with Crippen molar-refractivity contribution < 1.29 is 13.6 Å². The number of halogens is 2. The number of H-pyrrole nitrogens is 2. The van der Waals surface area contributed by atoms with E-state index in [4.69, 9.17) is 0 Å². The number of aromatic nitrogens is 2. The van der Waals surface area contributed by atoms with Crippen molar-refractivity contribution in [2.45, 2.75) is 32.2 Å². The largest absolute Gasteiger partial charge is 0.350 e. The fourth-order valence-corrected chi connectivity index (χ4v) is 4.78. The highest BCUT2D eigenvalue weighted by molar-refractivity contribution is 5.99. The van der Waals surface area contributed by atoms with Crippen LogP contribution in [0.5, 0.6) is 0 Å². The van der Waals surface area contributed by atoms with Gasteiger partial charge in [0.25, 0.3) is 11.5 Å². The molecule has 1 aliphatic carbocycles. The third-order valence-corrected chi connectivity index (χ3v) is 6.27. The first-order chi connectivity index (χ1) is 14.8. The van der Waals surface area contributed by atoms with E-state index >= 15 is 0 Å². The quantitative estimate of drug-likeness (QED) is 0.491. The van der Waals surface area contributed by atoms with E-state index in [9.17, 15) is 18.4 Å². The van der Waals surface area contributed by atoms with Gasteiger partial charge >= 0.3 is 0 Å². The van der Waals surface area contributed by atoms with E-state index < -0.39 is 5.82 Å². The number of aryl methyl sites for hydroxylation is 2. The monoisotopic (exact) mass is 421 g/mol. The zero-order valence-electron chi connectivity index (χ0n) is 17.2. The zero-order chi connectivity index (χ0) is 21.9. The lowest BCUT2D eigenvalue weighted by molar-refractivity contribution is 0.0710. The van der Waals surface area contributed by atoms with Crippen LogP contribution in [-0.2, 0) is 6.42 Å². The number of pyridine rings is 1. The summed E-state index contributed by atoms with van der Waals surface area (Å²) in [5.74, 6) is -1.06. The van der Waals surface area contributed by atoms with Gasteiger partial charge in [-0.3, -0.25) is 9.59 Å². The predicted octanol–water partition coefficient (Wildman–Crippen LogP) is 4.75. The van der Waals surface area contributed by atoms with E-state index in [2.05, 4.69) is 9.97 Å². The number of carbonyl (C=O) groups excluding carboxylic acids is 1. The van der Waals surface area contributed by atoms with Crippen molar-refractivity contribution in [2.24, 2.45) is 0 Å². The molecule has 2 heterocycles. The predicted molar refractivity (Wildman–Crippen MR) is 115 cm³/mol. The molecule has 4 aromatic rings. The zero-order valence-corrected chi connectivity index (χ0v) is 17.2. The highest BCUT2D eigenvalue weighted by Gasteiger charge is 2.31. The molecule has 0 spiro atoms. The second-order valence-electron chi connectivity index (χ2n) is 8.23. The van der Waals surface area contributed by atoms with Crippen LogP contribution in [0, 0.1) is 18.6 Å². The maximum atomic E-state index is 13.8. The van der Waals surface area contributed by atoms with Gasteiger partial charge in [0.2, 0.25) is 0 Å². The molecule has 0 bridgehead atoms. The third-order valence-electron chi connectivity index (χ3n) is 6.27. The molecule has 0 saturated carbocycles. The van der Waals surface area contributed by atoms with Crippen molar-refractivity contribution in [1.82, 2.24) is 14.9 Å². The topological polar surface area (TPSA) is 69.0 Å². The van der Waals surface area contributed by atoms with Crippen LogP contribution in [-0.4, -0.2) is 27.8 Å². The lowest BCUT2D eigenvalue weighted by Crippen LogP contribution is -2.34. The molecule has 0 fully saturated rings. The smallest absolute Gasteiger partial charge is 0.270 e. The molecule has 0 radical (unpaired) electrons. The Morgan fingerprint density at radius 1 is 1.03 bits per heavy atom. The SMILES string of the molecule is Cc1cc(F)cc2[nH]c(C(=O)N(C)[C@@H]3CCCc4[nH]c(=O)c5cc(F)ccc5c43)cc12. The first-order valence-corrected chi connectivity index (χ1v) is 10.2. The Balaban J connectivity index is 1.60. The van der Waals surface area contributed by atoms with Crippen LogP contribution < -0.4 is 5.56 Å². The molecule has 5 rings (SSSR count). The summed E-state index contributed by atoms with van der Waals surface area (Å²) in [7, 11) is 1.72. The highest BCUT2D eigenvalue weighted by Crippen LogP contribution is 2.37. The fraction of sp³-hybridized carbons (Fsp3) is 0.250. The molecule has 158 valence electrons. The Bertz CT molecular complexity index is 1420. The summed E-state index contributed by atoms with van der Waals surface area (Å²) >= 11 is 0. The van der Waals surface area contributed by atoms with Gasteiger partial charge in [0.1, 0.15) is 17.3 Å². The third kappa shape index (κ3) is 3.12. The van der Waals surface area contributed by atoms with Crippen LogP contribution >= 0.6 is 0 Å². The summed E-state index contributed by atoms with van der Waals surface area (Å²) in [6.07, 6.45) is 2.23. The molecule has 31 heavy (non-hydrogen) atoms. The van der Waals surface area contributed by atoms with Gasteiger partial charge in [-0.2, -0.15) is 0 Å². The van der Waals surface area contributed by atoms with Gasteiger partial charge in [0, 0.05) is 29.2 Å². The van der Waals surface area contributed by atoms with E-state index in [1.165, 1.54) is 24.3 Å². The second-order valence-corrected chi connectivity index (χ2v) is 8.23. The molecule has 1 aliphatic rings. The fourth-order valence-electron chi connectivity index (χ4n) is 4.78. The van der Waals surface area contributed by atoms with E-state index in [0.717, 1.165) is 35.0 Å². The van der Waals surface area contributed by atoms with Crippen LogP contribution in [0.2, 0.25) is 0 Å². The lowest BCUT2D eigenvalue weighted by Gasteiger charge is -2.33. The van der Waals surface area contributed by atoms with E-state index in [1.54, 1.807) is 31.0 Å². The number of benzene rings is 2. The van der Waals surface area contributed by atoms with Gasteiger partial charge in [0.05, 0.1) is 11.4 Å². The van der Waals surface area contributed by atoms with Gasteiger partial charge in [-0.05, 0) is 67.5 Å².